The lowest BCUT2D eigenvalue weighted by atomic mass is 9.68. The van der Waals surface area contributed by atoms with Gasteiger partial charge in [0.1, 0.15) is 6.04 Å². The molecular formula is C11H19N3O2S. The Kier molecular flexibility index (Phi) is 4.08. The monoisotopic (exact) mass is 257 g/mol. The molecule has 0 saturated heterocycles. The Hall–Kier alpha value is -1.17. The first-order valence-corrected chi connectivity index (χ1v) is 6.12. The lowest BCUT2D eigenvalue weighted by Gasteiger charge is -2.40. The molecule has 0 bridgehead atoms. The number of thiocarbonyl (C=S) groups is 1. The third kappa shape index (κ3) is 2.57. The number of nitrogens with one attached hydrogen (secondary N) is 1. The van der Waals surface area contributed by atoms with Gasteiger partial charge < -0.3 is 16.8 Å². The number of primary amides is 1. The largest absolute Gasteiger partial charge is 0.392 e. The van der Waals surface area contributed by atoms with Crippen molar-refractivity contribution in [3.05, 3.63) is 0 Å². The molecule has 1 fully saturated rings. The van der Waals surface area contributed by atoms with E-state index in [0.717, 1.165) is 6.42 Å². The van der Waals surface area contributed by atoms with Gasteiger partial charge in [0.15, 0.2) is 0 Å². The maximum Gasteiger partial charge on any atom is 0.240 e. The molecular weight excluding hydrogens is 238 g/mol. The Bertz CT molecular complexity index is 351. The van der Waals surface area contributed by atoms with Crippen molar-refractivity contribution in [2.24, 2.45) is 22.8 Å². The summed E-state index contributed by atoms with van der Waals surface area (Å²) in [4.78, 5) is 23.5. The van der Waals surface area contributed by atoms with Gasteiger partial charge in [-0.25, -0.2) is 0 Å². The summed E-state index contributed by atoms with van der Waals surface area (Å²) in [6.45, 7) is 3.65. The minimum atomic E-state index is -0.766. The second-order valence-corrected chi connectivity index (χ2v) is 5.34. The van der Waals surface area contributed by atoms with Crippen molar-refractivity contribution in [2.45, 2.75) is 39.2 Å². The fourth-order valence-electron chi connectivity index (χ4n) is 1.96. The molecule has 0 aromatic rings. The molecule has 1 unspecified atom stereocenters. The molecule has 0 radical (unpaired) electrons. The zero-order valence-corrected chi connectivity index (χ0v) is 11.0. The number of nitrogens with two attached hydrogens (primary N) is 2. The van der Waals surface area contributed by atoms with Crippen LogP contribution in [0.5, 0.6) is 0 Å². The van der Waals surface area contributed by atoms with Crippen LogP contribution in [0.15, 0.2) is 0 Å². The Morgan fingerprint density at radius 1 is 1.29 bits per heavy atom. The summed E-state index contributed by atoms with van der Waals surface area (Å²) in [5.41, 5.74) is 10.1. The maximum absolute atomic E-state index is 12.1. The smallest absolute Gasteiger partial charge is 0.240 e. The fraction of sp³-hybridized carbons (Fsp3) is 0.727. The van der Waals surface area contributed by atoms with Crippen molar-refractivity contribution in [1.29, 1.82) is 0 Å². The van der Waals surface area contributed by atoms with Gasteiger partial charge in [-0.2, -0.15) is 0 Å². The molecule has 1 rings (SSSR count). The average molecular weight is 257 g/mol. The molecule has 5 nitrogen and oxygen atoms in total. The van der Waals surface area contributed by atoms with E-state index in [1.54, 1.807) is 0 Å². The number of rotatable bonds is 5. The zero-order valence-electron chi connectivity index (χ0n) is 10.2. The van der Waals surface area contributed by atoms with E-state index in [1.807, 2.05) is 13.8 Å². The molecule has 0 aromatic carbocycles. The van der Waals surface area contributed by atoms with E-state index in [9.17, 15) is 9.59 Å². The summed E-state index contributed by atoms with van der Waals surface area (Å²) in [7, 11) is 0. The Balaban J connectivity index is 2.77. The summed E-state index contributed by atoms with van der Waals surface area (Å²) < 4.78 is 0. The van der Waals surface area contributed by atoms with Crippen LogP contribution in [-0.4, -0.2) is 22.8 Å². The summed E-state index contributed by atoms with van der Waals surface area (Å²) in [6.07, 6.45) is 2.23. The second kappa shape index (κ2) is 5.00. The number of amides is 2. The highest BCUT2D eigenvalue weighted by Crippen LogP contribution is 2.41. The van der Waals surface area contributed by atoms with E-state index in [2.05, 4.69) is 5.32 Å². The van der Waals surface area contributed by atoms with Gasteiger partial charge >= 0.3 is 0 Å². The standard InChI is InChI=1S/C11H19N3O2S/c1-6(2)7(8(12)15)14-10(16)11(9(13)17)4-3-5-11/h6-7H,3-5H2,1-2H3,(H2,12,15)(H2,13,17)(H,14,16). The average Bonchev–Trinajstić information content (AvgIpc) is 2.10. The van der Waals surface area contributed by atoms with Crippen LogP contribution in [0.4, 0.5) is 0 Å². The van der Waals surface area contributed by atoms with Crippen LogP contribution < -0.4 is 16.8 Å². The van der Waals surface area contributed by atoms with Crippen LogP contribution in [0.25, 0.3) is 0 Å². The van der Waals surface area contributed by atoms with Gasteiger partial charge in [0.25, 0.3) is 0 Å². The molecule has 0 heterocycles. The number of hydrogen-bond acceptors (Lipinski definition) is 3. The quantitative estimate of drug-likeness (QED) is 0.607. The molecule has 1 atom stereocenters. The normalized spacial score (nSPS) is 19.2. The first-order chi connectivity index (χ1) is 7.81. The fourth-order valence-corrected chi connectivity index (χ4v) is 2.26. The van der Waals surface area contributed by atoms with Gasteiger partial charge in [0.2, 0.25) is 11.8 Å². The highest BCUT2D eigenvalue weighted by molar-refractivity contribution is 7.80. The Morgan fingerprint density at radius 3 is 2.06 bits per heavy atom. The van der Waals surface area contributed by atoms with Crippen molar-refractivity contribution >= 4 is 29.0 Å². The van der Waals surface area contributed by atoms with Gasteiger partial charge in [-0.05, 0) is 18.8 Å². The van der Waals surface area contributed by atoms with Gasteiger partial charge in [-0.1, -0.05) is 32.5 Å². The zero-order chi connectivity index (χ0) is 13.2. The molecule has 0 spiro atoms. The Labute approximate surface area is 106 Å². The molecule has 0 aromatic heterocycles. The van der Waals surface area contributed by atoms with E-state index in [0.29, 0.717) is 12.8 Å². The van der Waals surface area contributed by atoms with E-state index in [4.69, 9.17) is 23.7 Å². The molecule has 96 valence electrons. The number of carbonyl (C=O) groups excluding carboxylic acids is 2. The van der Waals surface area contributed by atoms with Gasteiger partial charge in [-0.3, -0.25) is 9.59 Å². The van der Waals surface area contributed by atoms with Gasteiger partial charge in [-0.15, -0.1) is 0 Å². The van der Waals surface area contributed by atoms with Crippen LogP contribution in [0.3, 0.4) is 0 Å². The van der Waals surface area contributed by atoms with Crippen LogP contribution in [-0.2, 0) is 9.59 Å². The predicted octanol–water partition coefficient (Wildman–Crippen LogP) is 0.0689. The van der Waals surface area contributed by atoms with Crippen molar-refractivity contribution in [3.8, 4) is 0 Å². The third-order valence-corrected chi connectivity index (χ3v) is 3.76. The van der Waals surface area contributed by atoms with E-state index < -0.39 is 17.4 Å². The highest BCUT2D eigenvalue weighted by Gasteiger charge is 2.47. The molecule has 1 saturated carbocycles. The first-order valence-electron chi connectivity index (χ1n) is 5.71. The topological polar surface area (TPSA) is 98.2 Å². The van der Waals surface area contributed by atoms with Gasteiger partial charge in [0, 0.05) is 0 Å². The van der Waals surface area contributed by atoms with Crippen LogP contribution >= 0.6 is 12.2 Å². The van der Waals surface area contributed by atoms with E-state index in [-0.39, 0.29) is 16.8 Å². The lowest BCUT2D eigenvalue weighted by Crippen LogP contribution is -2.58. The van der Waals surface area contributed by atoms with Crippen LogP contribution in [0, 0.1) is 11.3 Å². The Morgan fingerprint density at radius 2 is 1.82 bits per heavy atom. The molecule has 1 aliphatic rings. The van der Waals surface area contributed by atoms with Crippen molar-refractivity contribution < 1.29 is 9.59 Å². The SMILES string of the molecule is CC(C)C(NC(=O)C1(C(N)=S)CCC1)C(N)=O. The first kappa shape index (κ1) is 13.9. The second-order valence-electron chi connectivity index (χ2n) is 4.90. The molecule has 5 N–H and O–H groups in total. The van der Waals surface area contributed by atoms with E-state index >= 15 is 0 Å². The predicted molar refractivity (Wildman–Crippen MR) is 69.0 cm³/mol. The molecule has 6 heteroatoms. The molecule has 0 aliphatic heterocycles. The van der Waals surface area contributed by atoms with Crippen LogP contribution in [0.2, 0.25) is 0 Å². The van der Waals surface area contributed by atoms with Crippen LogP contribution in [0.1, 0.15) is 33.1 Å². The lowest BCUT2D eigenvalue weighted by molar-refractivity contribution is -0.135. The summed E-state index contributed by atoms with van der Waals surface area (Å²) in [5.74, 6) is -0.862. The van der Waals surface area contributed by atoms with E-state index in [1.165, 1.54) is 0 Å². The summed E-state index contributed by atoms with van der Waals surface area (Å²) >= 11 is 4.94. The minimum Gasteiger partial charge on any atom is -0.392 e. The highest BCUT2D eigenvalue weighted by atomic mass is 32.1. The number of hydrogen-bond donors (Lipinski definition) is 3. The van der Waals surface area contributed by atoms with Gasteiger partial charge in [0.05, 0.1) is 10.4 Å². The van der Waals surface area contributed by atoms with Crippen molar-refractivity contribution in [1.82, 2.24) is 5.32 Å². The minimum absolute atomic E-state index is 0.0556. The maximum atomic E-state index is 12.1. The molecule has 1 aliphatic carbocycles. The van der Waals surface area contributed by atoms with Crippen molar-refractivity contribution in [2.75, 3.05) is 0 Å². The third-order valence-electron chi connectivity index (χ3n) is 3.37. The van der Waals surface area contributed by atoms with Crippen molar-refractivity contribution in [3.63, 3.8) is 0 Å². The summed E-state index contributed by atoms with van der Waals surface area (Å²) in [6, 6.07) is -0.672. The molecule has 2 amide bonds. The molecule has 17 heavy (non-hydrogen) atoms. The number of carbonyl (C=O) groups is 2. The summed E-state index contributed by atoms with van der Waals surface area (Å²) in [5, 5.41) is 2.66.